The highest BCUT2D eigenvalue weighted by Gasteiger charge is 2.28. The van der Waals surface area contributed by atoms with Gasteiger partial charge in [0.05, 0.1) is 11.4 Å². The second-order valence-corrected chi connectivity index (χ2v) is 7.16. The van der Waals surface area contributed by atoms with Gasteiger partial charge in [-0.05, 0) is 56.5 Å². The number of aromatic nitrogens is 2. The Kier molecular flexibility index (Phi) is 7.55. The molecule has 2 heterocycles. The van der Waals surface area contributed by atoms with E-state index in [0.29, 0.717) is 18.1 Å². The van der Waals surface area contributed by atoms with Gasteiger partial charge in [0.2, 0.25) is 0 Å². The van der Waals surface area contributed by atoms with Gasteiger partial charge in [-0.25, -0.2) is 0 Å². The molecule has 0 aliphatic heterocycles. The van der Waals surface area contributed by atoms with Crippen molar-refractivity contribution in [3.8, 4) is 0 Å². The van der Waals surface area contributed by atoms with Crippen molar-refractivity contribution in [2.45, 2.75) is 63.8 Å². The standard InChI is InChI=1S/C21H31N5/c1-2-9-22-19-12-20(25-15-17-7-3-5-10-23-17)14-21(13-19)26-16-18-8-4-6-11-24-18/h3-8,10-11,19-22,25-26H,2,9,12-16H2,1H3/t19?,20-,21+. The maximum absolute atomic E-state index is 4.42. The van der Waals surface area contributed by atoms with E-state index in [-0.39, 0.29) is 0 Å². The van der Waals surface area contributed by atoms with Crippen LogP contribution >= 0.6 is 0 Å². The molecule has 0 saturated heterocycles. The van der Waals surface area contributed by atoms with Crippen molar-refractivity contribution in [3.05, 3.63) is 60.2 Å². The minimum absolute atomic E-state index is 0.501. The van der Waals surface area contributed by atoms with E-state index in [1.54, 1.807) is 0 Å². The smallest absolute Gasteiger partial charge is 0.0541 e. The van der Waals surface area contributed by atoms with E-state index in [2.05, 4.69) is 45.0 Å². The van der Waals surface area contributed by atoms with Crippen LogP contribution in [-0.2, 0) is 13.1 Å². The van der Waals surface area contributed by atoms with Crippen molar-refractivity contribution in [2.24, 2.45) is 0 Å². The summed E-state index contributed by atoms with van der Waals surface area (Å²) in [5, 5.41) is 11.1. The van der Waals surface area contributed by atoms with Crippen LogP contribution in [-0.4, -0.2) is 34.6 Å². The lowest BCUT2D eigenvalue weighted by atomic mass is 9.86. The molecule has 2 aromatic heterocycles. The summed E-state index contributed by atoms with van der Waals surface area (Å²) in [6.07, 6.45) is 8.39. The van der Waals surface area contributed by atoms with E-state index >= 15 is 0 Å². The maximum Gasteiger partial charge on any atom is 0.0541 e. The fourth-order valence-electron chi connectivity index (χ4n) is 3.67. The molecule has 1 saturated carbocycles. The molecule has 1 aliphatic rings. The number of nitrogens with zero attached hydrogens (tertiary/aromatic N) is 2. The molecule has 3 rings (SSSR count). The van der Waals surface area contributed by atoms with Crippen LogP contribution in [0.1, 0.15) is 44.0 Å². The van der Waals surface area contributed by atoms with Crippen LogP contribution < -0.4 is 16.0 Å². The molecule has 3 N–H and O–H groups in total. The first kappa shape index (κ1) is 19.0. The highest BCUT2D eigenvalue weighted by molar-refractivity contribution is 5.05. The fourth-order valence-corrected chi connectivity index (χ4v) is 3.67. The summed E-state index contributed by atoms with van der Waals surface area (Å²) >= 11 is 0. The first-order chi connectivity index (χ1) is 12.8. The lowest BCUT2D eigenvalue weighted by Gasteiger charge is -2.36. The van der Waals surface area contributed by atoms with E-state index in [9.17, 15) is 0 Å². The van der Waals surface area contributed by atoms with Gasteiger partial charge in [0.1, 0.15) is 0 Å². The quantitative estimate of drug-likeness (QED) is 0.647. The van der Waals surface area contributed by atoms with Crippen LogP contribution in [0, 0.1) is 0 Å². The zero-order valence-corrected chi connectivity index (χ0v) is 15.7. The molecule has 0 amide bonds. The Bertz CT molecular complexity index is 567. The molecule has 3 atom stereocenters. The highest BCUT2D eigenvalue weighted by Crippen LogP contribution is 2.20. The number of hydrogen-bond donors (Lipinski definition) is 3. The van der Waals surface area contributed by atoms with Gasteiger partial charge in [0.25, 0.3) is 0 Å². The molecule has 0 bridgehead atoms. The predicted octanol–water partition coefficient (Wildman–Crippen LogP) is 2.65. The number of pyridine rings is 2. The summed E-state index contributed by atoms with van der Waals surface area (Å²) in [7, 11) is 0. The van der Waals surface area contributed by atoms with Crippen molar-refractivity contribution in [1.29, 1.82) is 0 Å². The number of nitrogens with one attached hydrogen (secondary N) is 3. The first-order valence-corrected chi connectivity index (χ1v) is 9.83. The Hall–Kier alpha value is -1.82. The van der Waals surface area contributed by atoms with Crippen molar-refractivity contribution in [3.63, 3.8) is 0 Å². The summed E-state index contributed by atoms with van der Waals surface area (Å²) in [5.74, 6) is 0. The lowest BCUT2D eigenvalue weighted by Crippen LogP contribution is -2.50. The molecule has 2 aromatic rings. The van der Waals surface area contributed by atoms with Gasteiger partial charge in [-0.3, -0.25) is 9.97 Å². The maximum atomic E-state index is 4.42. The van der Waals surface area contributed by atoms with Gasteiger partial charge >= 0.3 is 0 Å². The molecule has 1 unspecified atom stereocenters. The second-order valence-electron chi connectivity index (χ2n) is 7.16. The Morgan fingerprint density at radius 3 is 1.69 bits per heavy atom. The van der Waals surface area contributed by atoms with Gasteiger partial charge < -0.3 is 16.0 Å². The van der Waals surface area contributed by atoms with Crippen LogP contribution in [0.2, 0.25) is 0 Å². The summed E-state index contributed by atoms with van der Waals surface area (Å²) in [6, 6.07) is 13.8. The Labute approximate surface area is 157 Å². The van der Waals surface area contributed by atoms with Gasteiger partial charge in [-0.1, -0.05) is 19.1 Å². The third-order valence-corrected chi connectivity index (χ3v) is 4.99. The summed E-state index contributed by atoms with van der Waals surface area (Å²) in [4.78, 5) is 8.85. The van der Waals surface area contributed by atoms with Crippen molar-refractivity contribution in [1.82, 2.24) is 25.9 Å². The second kappa shape index (κ2) is 10.4. The van der Waals surface area contributed by atoms with Crippen molar-refractivity contribution < 1.29 is 0 Å². The van der Waals surface area contributed by atoms with E-state index in [1.165, 1.54) is 19.3 Å². The Balaban J connectivity index is 1.53. The van der Waals surface area contributed by atoms with Crippen LogP contribution in [0.25, 0.3) is 0 Å². The fraction of sp³-hybridized carbons (Fsp3) is 0.524. The topological polar surface area (TPSA) is 61.9 Å². The first-order valence-electron chi connectivity index (χ1n) is 9.83. The number of hydrogen-bond acceptors (Lipinski definition) is 5. The van der Waals surface area contributed by atoms with Gasteiger partial charge in [0, 0.05) is 43.6 Å². The lowest BCUT2D eigenvalue weighted by molar-refractivity contribution is 0.246. The highest BCUT2D eigenvalue weighted by atomic mass is 15.0. The normalized spacial score (nSPS) is 23.0. The van der Waals surface area contributed by atoms with E-state index < -0.39 is 0 Å². The molecule has 26 heavy (non-hydrogen) atoms. The molecule has 5 heteroatoms. The zero-order chi connectivity index (χ0) is 18.0. The van der Waals surface area contributed by atoms with Crippen LogP contribution in [0.15, 0.2) is 48.8 Å². The van der Waals surface area contributed by atoms with Crippen molar-refractivity contribution >= 4 is 0 Å². The van der Waals surface area contributed by atoms with E-state index in [1.807, 2.05) is 36.7 Å². The average molecular weight is 354 g/mol. The van der Waals surface area contributed by atoms with Crippen LogP contribution in [0.3, 0.4) is 0 Å². The summed E-state index contributed by atoms with van der Waals surface area (Å²) < 4.78 is 0. The summed E-state index contributed by atoms with van der Waals surface area (Å²) in [6.45, 7) is 4.98. The van der Waals surface area contributed by atoms with Crippen molar-refractivity contribution in [2.75, 3.05) is 6.54 Å². The third kappa shape index (κ3) is 6.16. The molecule has 1 fully saturated rings. The predicted molar refractivity (Wildman–Crippen MR) is 106 cm³/mol. The van der Waals surface area contributed by atoms with Gasteiger partial charge in [0.15, 0.2) is 0 Å². The zero-order valence-electron chi connectivity index (χ0n) is 15.7. The SMILES string of the molecule is CCCNC1C[C@@H](NCc2ccccn2)C[C@@H](NCc2ccccn2)C1. The van der Waals surface area contributed by atoms with E-state index in [0.717, 1.165) is 37.4 Å². The largest absolute Gasteiger partial charge is 0.314 e. The summed E-state index contributed by atoms with van der Waals surface area (Å²) in [5.41, 5.74) is 2.21. The monoisotopic (exact) mass is 353 g/mol. The van der Waals surface area contributed by atoms with Crippen LogP contribution in [0.5, 0.6) is 0 Å². The Morgan fingerprint density at radius 2 is 1.27 bits per heavy atom. The molecule has 1 aliphatic carbocycles. The molecular formula is C21H31N5. The average Bonchev–Trinajstić information content (AvgIpc) is 2.71. The molecule has 0 aromatic carbocycles. The minimum atomic E-state index is 0.501. The molecule has 5 nitrogen and oxygen atoms in total. The third-order valence-electron chi connectivity index (χ3n) is 4.99. The van der Waals surface area contributed by atoms with Gasteiger partial charge in [-0.15, -0.1) is 0 Å². The molecular weight excluding hydrogens is 322 g/mol. The molecule has 140 valence electrons. The van der Waals surface area contributed by atoms with Gasteiger partial charge in [-0.2, -0.15) is 0 Å². The molecule has 0 spiro atoms. The Morgan fingerprint density at radius 1 is 0.769 bits per heavy atom. The number of rotatable bonds is 9. The molecule has 0 radical (unpaired) electrons. The van der Waals surface area contributed by atoms with Crippen LogP contribution in [0.4, 0.5) is 0 Å². The van der Waals surface area contributed by atoms with E-state index in [4.69, 9.17) is 0 Å². The minimum Gasteiger partial charge on any atom is -0.314 e.